The maximum Gasteiger partial charge on any atom is 0.311 e. The van der Waals surface area contributed by atoms with Gasteiger partial charge in [-0.05, 0) is 24.8 Å². The summed E-state index contributed by atoms with van der Waals surface area (Å²) in [6.45, 7) is 2.72. The molecule has 1 saturated heterocycles. The lowest BCUT2D eigenvalue weighted by molar-refractivity contribution is -0.385. The molecule has 0 radical (unpaired) electrons. The number of hydrogen-bond acceptors (Lipinski definition) is 6. The highest BCUT2D eigenvalue weighted by Crippen LogP contribution is 2.33. The molecule has 2 aromatic rings. The second-order valence-corrected chi connectivity index (χ2v) is 5.66. The van der Waals surface area contributed by atoms with E-state index in [1.165, 1.54) is 13.2 Å². The minimum Gasteiger partial charge on any atom is -0.490 e. The molecule has 0 N–H and O–H groups in total. The van der Waals surface area contributed by atoms with Gasteiger partial charge in [-0.1, -0.05) is 0 Å². The van der Waals surface area contributed by atoms with Crippen molar-refractivity contribution in [2.45, 2.75) is 19.4 Å². The van der Waals surface area contributed by atoms with E-state index in [2.05, 4.69) is 15.0 Å². The Kier molecular flexibility index (Phi) is 4.40. The van der Waals surface area contributed by atoms with E-state index in [1.807, 2.05) is 4.68 Å². The molecule has 0 saturated carbocycles. The summed E-state index contributed by atoms with van der Waals surface area (Å²) in [4.78, 5) is 16.7. The molecule has 0 atom stereocenters. The first kappa shape index (κ1) is 15.3. The summed E-state index contributed by atoms with van der Waals surface area (Å²) < 4.78 is 7.01. The third-order valence-corrected chi connectivity index (χ3v) is 4.25. The molecule has 2 heterocycles. The van der Waals surface area contributed by atoms with Crippen LogP contribution in [-0.2, 0) is 6.54 Å². The quantitative estimate of drug-likeness (QED) is 0.620. The van der Waals surface area contributed by atoms with Gasteiger partial charge in [0.05, 0.1) is 12.0 Å². The number of piperidine rings is 1. The van der Waals surface area contributed by atoms with Gasteiger partial charge in [-0.15, -0.1) is 0 Å². The average molecular weight is 317 g/mol. The van der Waals surface area contributed by atoms with Crippen LogP contribution in [-0.4, -0.2) is 39.9 Å². The summed E-state index contributed by atoms with van der Waals surface area (Å²) in [5.74, 6) is 0.880. The topological polar surface area (TPSA) is 86.3 Å². The van der Waals surface area contributed by atoms with Gasteiger partial charge in [0.25, 0.3) is 0 Å². The summed E-state index contributed by atoms with van der Waals surface area (Å²) in [7, 11) is 1.45. The van der Waals surface area contributed by atoms with Crippen LogP contribution in [0, 0.1) is 16.0 Å². The van der Waals surface area contributed by atoms with Crippen LogP contribution < -0.4 is 9.64 Å². The zero-order valence-corrected chi connectivity index (χ0v) is 13.0. The molecule has 1 aromatic carbocycles. The molecule has 1 aromatic heterocycles. The second kappa shape index (κ2) is 6.64. The van der Waals surface area contributed by atoms with Crippen LogP contribution >= 0.6 is 0 Å². The van der Waals surface area contributed by atoms with Crippen LogP contribution in [0.2, 0.25) is 0 Å². The smallest absolute Gasteiger partial charge is 0.311 e. The summed E-state index contributed by atoms with van der Waals surface area (Å²) in [6, 6.07) is 5.05. The van der Waals surface area contributed by atoms with E-state index in [0.29, 0.717) is 11.7 Å². The highest BCUT2D eigenvalue weighted by Gasteiger charge is 2.22. The van der Waals surface area contributed by atoms with Crippen molar-refractivity contribution in [3.05, 3.63) is 41.0 Å². The zero-order chi connectivity index (χ0) is 16.2. The molecule has 0 aliphatic carbocycles. The van der Waals surface area contributed by atoms with Crippen LogP contribution in [0.1, 0.15) is 12.8 Å². The molecule has 1 fully saturated rings. The number of nitro benzene ring substituents is 1. The number of hydrogen-bond donors (Lipinski definition) is 0. The number of nitro groups is 1. The highest BCUT2D eigenvalue weighted by atomic mass is 16.6. The summed E-state index contributed by atoms with van der Waals surface area (Å²) in [6.07, 6.45) is 5.41. The maximum absolute atomic E-state index is 11.0. The molecule has 23 heavy (non-hydrogen) atoms. The second-order valence-electron chi connectivity index (χ2n) is 5.66. The van der Waals surface area contributed by atoms with Crippen LogP contribution in [0.5, 0.6) is 5.75 Å². The van der Waals surface area contributed by atoms with Crippen LogP contribution in [0.25, 0.3) is 0 Å². The molecule has 3 rings (SSSR count). The number of methoxy groups -OCH3 is 1. The number of benzene rings is 1. The molecule has 0 unspecified atom stereocenters. The van der Waals surface area contributed by atoms with E-state index < -0.39 is 4.92 Å². The SMILES string of the molecule is COc1cc(N2CCC(Cn3cncn3)CC2)ccc1[N+](=O)[O-]. The Morgan fingerprint density at radius 2 is 2.17 bits per heavy atom. The van der Waals surface area contributed by atoms with Crippen molar-refractivity contribution in [1.82, 2.24) is 14.8 Å². The van der Waals surface area contributed by atoms with Crippen molar-refractivity contribution in [2.24, 2.45) is 5.92 Å². The van der Waals surface area contributed by atoms with Gasteiger partial charge in [0.15, 0.2) is 5.75 Å². The van der Waals surface area contributed by atoms with Crippen LogP contribution in [0.15, 0.2) is 30.9 Å². The minimum absolute atomic E-state index is 0.00248. The first-order valence-corrected chi connectivity index (χ1v) is 7.57. The van der Waals surface area contributed by atoms with Crippen molar-refractivity contribution in [2.75, 3.05) is 25.1 Å². The Bertz CT molecular complexity index is 666. The van der Waals surface area contributed by atoms with E-state index in [0.717, 1.165) is 38.2 Å². The Morgan fingerprint density at radius 1 is 1.39 bits per heavy atom. The number of aromatic nitrogens is 3. The Balaban J connectivity index is 1.64. The van der Waals surface area contributed by atoms with Gasteiger partial charge in [-0.25, -0.2) is 4.98 Å². The predicted molar refractivity (Wildman–Crippen MR) is 84.6 cm³/mol. The molecule has 8 nitrogen and oxygen atoms in total. The predicted octanol–water partition coefficient (Wildman–Crippen LogP) is 2.11. The van der Waals surface area contributed by atoms with Crippen molar-refractivity contribution in [3.63, 3.8) is 0 Å². The van der Waals surface area contributed by atoms with E-state index in [-0.39, 0.29) is 5.69 Å². The van der Waals surface area contributed by atoms with E-state index >= 15 is 0 Å². The highest BCUT2D eigenvalue weighted by molar-refractivity contribution is 5.59. The minimum atomic E-state index is -0.424. The van der Waals surface area contributed by atoms with Gasteiger partial charge in [0.2, 0.25) is 0 Å². The number of anilines is 1. The van der Waals surface area contributed by atoms with Crippen LogP contribution in [0.3, 0.4) is 0 Å². The third-order valence-electron chi connectivity index (χ3n) is 4.25. The van der Waals surface area contributed by atoms with Crippen molar-refractivity contribution < 1.29 is 9.66 Å². The first-order chi connectivity index (χ1) is 11.2. The number of rotatable bonds is 5. The molecule has 8 heteroatoms. The average Bonchev–Trinajstić information content (AvgIpc) is 3.08. The van der Waals surface area contributed by atoms with Gasteiger partial charge in [0.1, 0.15) is 12.7 Å². The van der Waals surface area contributed by atoms with Gasteiger partial charge in [-0.2, -0.15) is 5.10 Å². The maximum atomic E-state index is 11.0. The van der Waals surface area contributed by atoms with E-state index in [9.17, 15) is 10.1 Å². The fraction of sp³-hybridized carbons (Fsp3) is 0.467. The van der Waals surface area contributed by atoms with Gasteiger partial charge >= 0.3 is 5.69 Å². The van der Waals surface area contributed by atoms with E-state index in [1.54, 1.807) is 24.8 Å². The summed E-state index contributed by atoms with van der Waals surface area (Å²) in [5, 5.41) is 15.1. The number of nitrogens with zero attached hydrogens (tertiary/aromatic N) is 5. The molecule has 0 spiro atoms. The molecule has 0 amide bonds. The van der Waals surface area contributed by atoms with E-state index in [4.69, 9.17) is 4.74 Å². The standard InChI is InChI=1S/C15H19N5O3/c1-23-15-8-13(2-3-14(15)20(21)22)18-6-4-12(5-7-18)9-19-11-16-10-17-19/h2-3,8,10-12H,4-7,9H2,1H3. The molecule has 1 aliphatic heterocycles. The van der Waals surface area contributed by atoms with Gasteiger partial charge < -0.3 is 9.64 Å². The molecule has 122 valence electrons. The van der Waals surface area contributed by atoms with Crippen LogP contribution in [0.4, 0.5) is 11.4 Å². The largest absolute Gasteiger partial charge is 0.490 e. The summed E-state index contributed by atoms with van der Waals surface area (Å²) in [5.41, 5.74) is 0.962. The molecular formula is C15H19N5O3. The van der Waals surface area contributed by atoms with Gasteiger partial charge in [-0.3, -0.25) is 14.8 Å². The zero-order valence-electron chi connectivity index (χ0n) is 13.0. The summed E-state index contributed by atoms with van der Waals surface area (Å²) >= 11 is 0. The Morgan fingerprint density at radius 3 is 2.78 bits per heavy atom. The molecule has 0 bridgehead atoms. The van der Waals surface area contributed by atoms with Gasteiger partial charge in [0, 0.05) is 37.5 Å². The van der Waals surface area contributed by atoms with Crippen molar-refractivity contribution in [1.29, 1.82) is 0 Å². The lowest BCUT2D eigenvalue weighted by atomic mass is 9.96. The molecular weight excluding hydrogens is 298 g/mol. The lowest BCUT2D eigenvalue weighted by Gasteiger charge is -2.33. The number of ether oxygens (including phenoxy) is 1. The Hall–Kier alpha value is -2.64. The normalized spacial score (nSPS) is 15.6. The fourth-order valence-corrected chi connectivity index (χ4v) is 2.98. The first-order valence-electron chi connectivity index (χ1n) is 7.57. The van der Waals surface area contributed by atoms with Crippen molar-refractivity contribution in [3.8, 4) is 5.75 Å². The van der Waals surface area contributed by atoms with Crippen molar-refractivity contribution >= 4 is 11.4 Å². The molecule has 1 aliphatic rings. The lowest BCUT2D eigenvalue weighted by Crippen LogP contribution is -2.35. The fourth-order valence-electron chi connectivity index (χ4n) is 2.98. The third kappa shape index (κ3) is 3.41. The monoisotopic (exact) mass is 317 g/mol. The Labute approximate surface area is 133 Å².